The summed E-state index contributed by atoms with van der Waals surface area (Å²) in [5.74, 6) is -1.17. The van der Waals surface area contributed by atoms with Gasteiger partial charge in [0.1, 0.15) is 0 Å². The van der Waals surface area contributed by atoms with Crippen LogP contribution >= 0.6 is 0 Å². The molecule has 0 radical (unpaired) electrons. The quantitative estimate of drug-likeness (QED) is 0.308. The molecule has 0 saturated carbocycles. The number of aryl methyl sites for hydroxylation is 2. The predicted octanol–water partition coefficient (Wildman–Crippen LogP) is 5.68. The van der Waals surface area contributed by atoms with Crippen LogP contribution in [0.1, 0.15) is 19.5 Å². The molecule has 4 aromatic rings. The molecular formula is C30H34F2N4O2S. The summed E-state index contributed by atoms with van der Waals surface area (Å²) in [6.45, 7) is 10.2. The van der Waals surface area contributed by atoms with Gasteiger partial charge < -0.3 is 9.47 Å². The molecule has 3 heterocycles. The van der Waals surface area contributed by atoms with Crippen molar-refractivity contribution in [2.24, 2.45) is 13.0 Å². The SMILES string of the molecule is Cc1nc(-c2ccc(N3CCN(CC(C)C)CC3)c(F)c2F)cc2c1cc(-c1ccc(S(C)(=O)=O)cc1)n2C. The van der Waals surface area contributed by atoms with E-state index in [0.717, 1.165) is 41.8 Å². The average molecular weight is 553 g/mol. The largest absolute Gasteiger partial charge is 0.367 e. The van der Waals surface area contributed by atoms with Crippen LogP contribution in [0.3, 0.4) is 0 Å². The van der Waals surface area contributed by atoms with Gasteiger partial charge in [0.15, 0.2) is 21.5 Å². The molecule has 39 heavy (non-hydrogen) atoms. The minimum absolute atomic E-state index is 0.125. The molecule has 9 heteroatoms. The van der Waals surface area contributed by atoms with E-state index in [1.165, 1.54) is 6.26 Å². The maximum absolute atomic E-state index is 15.5. The van der Waals surface area contributed by atoms with Gasteiger partial charge in [-0.3, -0.25) is 9.88 Å². The summed E-state index contributed by atoms with van der Waals surface area (Å²) in [6, 6.07) is 13.7. The van der Waals surface area contributed by atoms with Crippen LogP contribution in [-0.4, -0.2) is 61.8 Å². The van der Waals surface area contributed by atoms with E-state index in [1.807, 2.05) is 29.5 Å². The third-order valence-electron chi connectivity index (χ3n) is 7.48. The fourth-order valence-electron chi connectivity index (χ4n) is 5.44. The van der Waals surface area contributed by atoms with E-state index in [2.05, 4.69) is 23.7 Å². The first-order valence-electron chi connectivity index (χ1n) is 13.2. The Balaban J connectivity index is 1.47. The Labute approximate surface area is 228 Å². The molecule has 1 saturated heterocycles. The lowest BCUT2D eigenvalue weighted by molar-refractivity contribution is 0.230. The van der Waals surface area contributed by atoms with Crippen LogP contribution in [0, 0.1) is 24.5 Å². The Morgan fingerprint density at radius 1 is 0.949 bits per heavy atom. The summed E-state index contributed by atoms with van der Waals surface area (Å²) in [7, 11) is -1.40. The molecule has 2 aromatic carbocycles. The number of aromatic nitrogens is 2. The van der Waals surface area contributed by atoms with Gasteiger partial charge in [0.05, 0.1) is 21.8 Å². The number of rotatable bonds is 6. The van der Waals surface area contributed by atoms with Gasteiger partial charge >= 0.3 is 0 Å². The van der Waals surface area contributed by atoms with E-state index in [-0.39, 0.29) is 16.1 Å². The van der Waals surface area contributed by atoms with Crippen molar-refractivity contribution in [3.05, 3.63) is 65.9 Å². The molecule has 1 aliphatic heterocycles. The van der Waals surface area contributed by atoms with E-state index < -0.39 is 21.5 Å². The highest BCUT2D eigenvalue weighted by Gasteiger charge is 2.24. The van der Waals surface area contributed by atoms with Crippen LogP contribution in [0.15, 0.2) is 53.4 Å². The normalized spacial score (nSPS) is 15.0. The van der Waals surface area contributed by atoms with E-state index in [4.69, 9.17) is 0 Å². The van der Waals surface area contributed by atoms with Crippen LogP contribution < -0.4 is 4.90 Å². The second-order valence-electron chi connectivity index (χ2n) is 10.9. The molecule has 5 rings (SSSR count). The highest BCUT2D eigenvalue weighted by Crippen LogP contribution is 2.35. The lowest BCUT2D eigenvalue weighted by atomic mass is 10.1. The van der Waals surface area contributed by atoms with Crippen LogP contribution in [0.4, 0.5) is 14.5 Å². The Morgan fingerprint density at radius 2 is 1.62 bits per heavy atom. The third-order valence-corrected chi connectivity index (χ3v) is 8.61. The van der Waals surface area contributed by atoms with Gasteiger partial charge in [-0.25, -0.2) is 17.2 Å². The number of sulfone groups is 1. The number of halogens is 2. The number of hydrogen-bond acceptors (Lipinski definition) is 5. The number of anilines is 1. The molecule has 0 N–H and O–H groups in total. The zero-order valence-electron chi connectivity index (χ0n) is 23.0. The molecule has 0 amide bonds. The topological polar surface area (TPSA) is 58.4 Å². The lowest BCUT2D eigenvalue weighted by Gasteiger charge is -2.37. The molecule has 1 fully saturated rings. The zero-order chi connectivity index (χ0) is 28.1. The van der Waals surface area contributed by atoms with Gasteiger partial charge in [-0.05, 0) is 54.8 Å². The lowest BCUT2D eigenvalue weighted by Crippen LogP contribution is -2.47. The highest BCUT2D eigenvalue weighted by molar-refractivity contribution is 7.90. The number of pyridine rings is 1. The summed E-state index contributed by atoms with van der Waals surface area (Å²) >= 11 is 0. The molecule has 206 valence electrons. The van der Waals surface area contributed by atoms with Crippen LogP contribution in [-0.2, 0) is 16.9 Å². The van der Waals surface area contributed by atoms with Crippen LogP contribution in [0.2, 0.25) is 0 Å². The van der Waals surface area contributed by atoms with Crippen LogP contribution in [0.5, 0.6) is 0 Å². The fraction of sp³-hybridized carbons (Fsp3) is 0.367. The molecule has 0 bridgehead atoms. The fourth-order valence-corrected chi connectivity index (χ4v) is 6.07. The second-order valence-corrected chi connectivity index (χ2v) is 12.9. The predicted molar refractivity (Wildman–Crippen MR) is 153 cm³/mol. The molecule has 0 atom stereocenters. The summed E-state index contributed by atoms with van der Waals surface area (Å²) in [6.07, 6.45) is 1.18. The maximum Gasteiger partial charge on any atom is 0.182 e. The van der Waals surface area contributed by atoms with Crippen molar-refractivity contribution in [2.45, 2.75) is 25.7 Å². The Hall–Kier alpha value is -3.30. The first-order chi connectivity index (χ1) is 18.4. The summed E-state index contributed by atoms with van der Waals surface area (Å²) < 4.78 is 56.5. The molecular weight excluding hydrogens is 518 g/mol. The Kier molecular flexibility index (Phi) is 7.24. The van der Waals surface area contributed by atoms with Gasteiger partial charge in [-0.15, -0.1) is 0 Å². The number of benzene rings is 2. The van der Waals surface area contributed by atoms with Crippen molar-refractivity contribution < 1.29 is 17.2 Å². The first kappa shape index (κ1) is 27.3. The van der Waals surface area contributed by atoms with E-state index in [1.54, 1.807) is 42.5 Å². The molecule has 0 unspecified atom stereocenters. The Morgan fingerprint density at radius 3 is 2.23 bits per heavy atom. The van der Waals surface area contributed by atoms with Crippen molar-refractivity contribution >= 4 is 26.4 Å². The molecule has 6 nitrogen and oxygen atoms in total. The number of fused-ring (bicyclic) bond motifs is 1. The molecule has 2 aromatic heterocycles. The standard InChI is InChI=1S/C30H34F2N4O2S/c1-19(2)18-35-12-14-36(15-13-35)26-11-10-23(29(31)30(26)32)25-17-28-24(20(3)33-25)16-27(34(28)4)21-6-8-22(9-7-21)39(5,37)38/h6-11,16-17,19H,12-15,18H2,1-5H3. The van der Waals surface area contributed by atoms with Crippen LogP contribution in [0.25, 0.3) is 33.4 Å². The molecule has 1 aliphatic rings. The number of nitrogens with zero attached hydrogens (tertiary/aromatic N) is 4. The zero-order valence-corrected chi connectivity index (χ0v) is 23.8. The second kappa shape index (κ2) is 10.4. The highest BCUT2D eigenvalue weighted by atomic mass is 32.2. The van der Waals surface area contributed by atoms with Crippen molar-refractivity contribution in [3.63, 3.8) is 0 Å². The maximum atomic E-state index is 15.5. The summed E-state index contributed by atoms with van der Waals surface area (Å²) in [5.41, 5.74) is 4.01. The number of piperazine rings is 1. The average Bonchev–Trinajstić information content (AvgIpc) is 3.22. The van der Waals surface area contributed by atoms with Gasteiger partial charge in [0.2, 0.25) is 0 Å². The van der Waals surface area contributed by atoms with Crippen molar-refractivity contribution in [1.29, 1.82) is 0 Å². The summed E-state index contributed by atoms with van der Waals surface area (Å²) in [5, 5.41) is 0.889. The summed E-state index contributed by atoms with van der Waals surface area (Å²) in [4.78, 5) is 9.16. The molecule has 0 aliphatic carbocycles. The van der Waals surface area contributed by atoms with Crippen molar-refractivity contribution in [3.8, 4) is 22.5 Å². The molecule has 0 spiro atoms. The monoisotopic (exact) mass is 552 g/mol. The van der Waals surface area contributed by atoms with Gasteiger partial charge in [-0.1, -0.05) is 26.0 Å². The van der Waals surface area contributed by atoms with Crippen molar-refractivity contribution in [1.82, 2.24) is 14.5 Å². The van der Waals surface area contributed by atoms with E-state index in [0.29, 0.717) is 30.4 Å². The minimum atomic E-state index is -3.29. The number of hydrogen-bond donors (Lipinski definition) is 0. The minimum Gasteiger partial charge on any atom is -0.367 e. The first-order valence-corrected chi connectivity index (χ1v) is 15.1. The third kappa shape index (κ3) is 5.30. The van der Waals surface area contributed by atoms with Crippen molar-refractivity contribution in [2.75, 3.05) is 43.9 Å². The van der Waals surface area contributed by atoms with E-state index >= 15 is 8.78 Å². The van der Waals surface area contributed by atoms with E-state index in [9.17, 15) is 8.42 Å². The van der Waals surface area contributed by atoms with Gasteiger partial charge in [-0.2, -0.15) is 0 Å². The smallest absolute Gasteiger partial charge is 0.182 e. The van der Waals surface area contributed by atoms with Gasteiger partial charge in [0, 0.05) is 68.4 Å². The van der Waals surface area contributed by atoms with Gasteiger partial charge in [0.25, 0.3) is 0 Å². The Bertz CT molecular complexity index is 1640.